The first-order chi connectivity index (χ1) is 9.81. The maximum absolute atomic E-state index is 11.1. The first kappa shape index (κ1) is 14.7. The number of hydrogen-bond donors (Lipinski definition) is 1. The number of hydrogen-bond acceptors (Lipinski definition) is 3. The van der Waals surface area contributed by atoms with Gasteiger partial charge in [-0.1, -0.05) is 29.8 Å². The van der Waals surface area contributed by atoms with Crippen molar-refractivity contribution in [3.05, 3.63) is 22.2 Å². The highest BCUT2D eigenvalue weighted by molar-refractivity contribution is 9.10. The molecule has 1 aromatic carbocycles. The Hall–Kier alpha value is -1.23. The summed E-state index contributed by atoms with van der Waals surface area (Å²) >= 11 is 3.54. The lowest BCUT2D eigenvalue weighted by molar-refractivity contribution is -0.138. The van der Waals surface area contributed by atoms with Gasteiger partial charge in [0.15, 0.2) is 11.5 Å². The van der Waals surface area contributed by atoms with E-state index in [1.165, 1.54) is 0 Å². The minimum atomic E-state index is -0.808. The Balaban J connectivity index is 1.95. The molecule has 1 aromatic rings. The summed E-state index contributed by atoms with van der Waals surface area (Å²) in [5.41, 5.74) is 0.455. The van der Waals surface area contributed by atoms with Gasteiger partial charge in [0.1, 0.15) is 0 Å². The zero-order valence-electron chi connectivity index (χ0n) is 12.2. The van der Waals surface area contributed by atoms with Crippen LogP contribution >= 0.6 is 15.9 Å². The fourth-order valence-corrected chi connectivity index (χ4v) is 4.09. The lowest BCUT2D eigenvalue weighted by Crippen LogP contribution is -2.34. The van der Waals surface area contributed by atoms with Gasteiger partial charge < -0.3 is 14.6 Å². The van der Waals surface area contributed by atoms with E-state index in [9.17, 15) is 4.79 Å². The molecule has 1 fully saturated rings. The third kappa shape index (κ3) is 2.63. The van der Waals surface area contributed by atoms with E-state index < -0.39 is 17.2 Å². The summed E-state index contributed by atoms with van der Waals surface area (Å²) in [5, 5.41) is 9.09. The van der Waals surface area contributed by atoms with Crippen molar-refractivity contribution in [1.29, 1.82) is 0 Å². The number of fused-ring (bicyclic) bond motifs is 1. The van der Waals surface area contributed by atoms with Crippen molar-refractivity contribution in [2.45, 2.75) is 57.2 Å². The number of carboxylic acids is 1. The predicted molar refractivity (Wildman–Crippen MR) is 81.9 cm³/mol. The van der Waals surface area contributed by atoms with Crippen molar-refractivity contribution in [1.82, 2.24) is 0 Å². The summed E-state index contributed by atoms with van der Waals surface area (Å²) in [7, 11) is 0. The molecule has 3 rings (SSSR count). The van der Waals surface area contributed by atoms with Gasteiger partial charge in [0.2, 0.25) is 0 Å². The Morgan fingerprint density at radius 3 is 2.43 bits per heavy atom. The van der Waals surface area contributed by atoms with Crippen LogP contribution in [0.25, 0.3) is 0 Å². The SMILES string of the molecule is CC(C)(CC(=O)O)c1cc2c(cc1Br)OC1(CCCC1)O2. The van der Waals surface area contributed by atoms with E-state index >= 15 is 0 Å². The Kier molecular flexibility index (Phi) is 3.43. The van der Waals surface area contributed by atoms with Crippen molar-refractivity contribution in [3.63, 3.8) is 0 Å². The molecule has 1 heterocycles. The second-order valence-electron chi connectivity index (χ2n) is 6.56. The number of halogens is 1. The molecule has 0 atom stereocenters. The van der Waals surface area contributed by atoms with Gasteiger partial charge in [-0.15, -0.1) is 0 Å². The van der Waals surface area contributed by atoms with Gasteiger partial charge >= 0.3 is 5.97 Å². The topological polar surface area (TPSA) is 55.8 Å². The normalized spacial score (nSPS) is 19.2. The van der Waals surface area contributed by atoms with Crippen molar-refractivity contribution in [3.8, 4) is 11.5 Å². The van der Waals surface area contributed by atoms with E-state index in [-0.39, 0.29) is 6.42 Å². The lowest BCUT2D eigenvalue weighted by Gasteiger charge is -2.24. The monoisotopic (exact) mass is 354 g/mol. The van der Waals surface area contributed by atoms with E-state index in [4.69, 9.17) is 14.6 Å². The van der Waals surface area contributed by atoms with Crippen molar-refractivity contribution in [2.24, 2.45) is 0 Å². The van der Waals surface area contributed by atoms with Crippen LogP contribution in [-0.2, 0) is 10.2 Å². The number of carbonyl (C=O) groups is 1. The highest BCUT2D eigenvalue weighted by Gasteiger charge is 2.44. The maximum atomic E-state index is 11.1. The number of carboxylic acid groups (broad SMARTS) is 1. The molecule has 0 bridgehead atoms. The van der Waals surface area contributed by atoms with Gasteiger partial charge in [-0.25, -0.2) is 0 Å². The molecule has 0 radical (unpaired) electrons. The highest BCUT2D eigenvalue weighted by Crippen LogP contribution is 2.49. The second kappa shape index (κ2) is 4.90. The Morgan fingerprint density at radius 2 is 1.86 bits per heavy atom. The molecule has 2 aliphatic rings. The summed E-state index contributed by atoms with van der Waals surface area (Å²) < 4.78 is 12.9. The molecule has 1 aliphatic heterocycles. The molecule has 1 spiro atoms. The third-order valence-electron chi connectivity index (χ3n) is 4.31. The van der Waals surface area contributed by atoms with Crippen molar-refractivity contribution >= 4 is 21.9 Å². The van der Waals surface area contributed by atoms with E-state index in [2.05, 4.69) is 15.9 Å². The first-order valence-electron chi connectivity index (χ1n) is 7.25. The second-order valence-corrected chi connectivity index (χ2v) is 7.41. The summed E-state index contributed by atoms with van der Waals surface area (Å²) in [5.74, 6) is 0.182. The molecule has 1 N–H and O–H groups in total. The summed E-state index contributed by atoms with van der Waals surface area (Å²) in [4.78, 5) is 11.1. The van der Waals surface area contributed by atoms with E-state index in [1.54, 1.807) is 0 Å². The molecular formula is C16H19BrO4. The number of rotatable bonds is 3. The zero-order chi connectivity index (χ0) is 15.3. The standard InChI is InChI=1S/C16H19BrO4/c1-15(2,9-14(18)19)10-7-12-13(8-11(10)17)21-16(20-12)5-3-4-6-16/h7-8H,3-6,9H2,1-2H3,(H,18,19). The molecule has 0 saturated heterocycles. The van der Waals surface area contributed by atoms with Crippen LogP contribution < -0.4 is 9.47 Å². The number of ether oxygens (including phenoxy) is 2. The van der Waals surface area contributed by atoms with Crippen LogP contribution in [0.3, 0.4) is 0 Å². The third-order valence-corrected chi connectivity index (χ3v) is 4.97. The minimum absolute atomic E-state index is 0.0659. The minimum Gasteiger partial charge on any atom is -0.481 e. The van der Waals surface area contributed by atoms with Crippen LogP contribution in [0.15, 0.2) is 16.6 Å². The van der Waals surface area contributed by atoms with Crippen LogP contribution in [0.1, 0.15) is 51.5 Å². The van der Waals surface area contributed by atoms with Gasteiger partial charge in [-0.2, -0.15) is 0 Å². The van der Waals surface area contributed by atoms with Crippen molar-refractivity contribution < 1.29 is 19.4 Å². The maximum Gasteiger partial charge on any atom is 0.304 e. The smallest absolute Gasteiger partial charge is 0.304 e. The quantitative estimate of drug-likeness (QED) is 0.881. The summed E-state index contributed by atoms with van der Waals surface area (Å²) in [6.45, 7) is 3.85. The fourth-order valence-electron chi connectivity index (χ4n) is 3.23. The zero-order valence-corrected chi connectivity index (χ0v) is 13.8. The van der Waals surface area contributed by atoms with Crippen LogP contribution in [0.5, 0.6) is 11.5 Å². The molecule has 1 saturated carbocycles. The van der Waals surface area contributed by atoms with Gasteiger partial charge in [-0.05, 0) is 30.5 Å². The van der Waals surface area contributed by atoms with E-state index in [0.29, 0.717) is 0 Å². The molecule has 114 valence electrons. The average Bonchev–Trinajstić information content (AvgIpc) is 2.93. The molecule has 21 heavy (non-hydrogen) atoms. The van der Waals surface area contributed by atoms with E-state index in [1.807, 2.05) is 26.0 Å². The number of benzene rings is 1. The molecule has 0 unspecified atom stereocenters. The first-order valence-corrected chi connectivity index (χ1v) is 8.05. The van der Waals surface area contributed by atoms with Gasteiger partial charge in [0.05, 0.1) is 6.42 Å². The molecule has 5 heteroatoms. The molecule has 1 aliphatic carbocycles. The number of aliphatic carboxylic acids is 1. The molecule has 0 amide bonds. The summed E-state index contributed by atoms with van der Waals surface area (Å²) in [6, 6.07) is 3.83. The van der Waals surface area contributed by atoms with Crippen LogP contribution in [0.2, 0.25) is 0 Å². The van der Waals surface area contributed by atoms with E-state index in [0.717, 1.165) is 47.2 Å². The van der Waals surface area contributed by atoms with Gasteiger partial charge in [0.25, 0.3) is 5.79 Å². The molecule has 4 nitrogen and oxygen atoms in total. The van der Waals surface area contributed by atoms with Crippen molar-refractivity contribution in [2.75, 3.05) is 0 Å². The summed E-state index contributed by atoms with van der Waals surface area (Å²) in [6.07, 6.45) is 4.12. The molecular weight excluding hydrogens is 336 g/mol. The Bertz CT molecular complexity index is 588. The van der Waals surface area contributed by atoms with Crippen LogP contribution in [0.4, 0.5) is 0 Å². The lowest BCUT2D eigenvalue weighted by atomic mass is 9.81. The highest BCUT2D eigenvalue weighted by atomic mass is 79.9. The fraction of sp³-hybridized carbons (Fsp3) is 0.562. The molecule has 0 aromatic heterocycles. The largest absolute Gasteiger partial charge is 0.481 e. The average molecular weight is 355 g/mol. The van der Waals surface area contributed by atoms with Crippen LogP contribution in [-0.4, -0.2) is 16.9 Å². The van der Waals surface area contributed by atoms with Gasteiger partial charge in [0, 0.05) is 22.7 Å². The Morgan fingerprint density at radius 1 is 1.29 bits per heavy atom. The predicted octanol–water partition coefficient (Wildman–Crippen LogP) is 4.24. The Labute approximate surface area is 132 Å². The van der Waals surface area contributed by atoms with Crippen LogP contribution in [0, 0.1) is 0 Å². The van der Waals surface area contributed by atoms with Gasteiger partial charge in [-0.3, -0.25) is 4.79 Å².